The summed E-state index contributed by atoms with van der Waals surface area (Å²) in [5.74, 6) is -0.959. The first kappa shape index (κ1) is 15.5. The fraction of sp³-hybridized carbons (Fsp3) is 0.267. The van der Waals surface area contributed by atoms with Crippen LogP contribution in [-0.2, 0) is 11.2 Å². The molecule has 1 aromatic rings. The molecule has 1 aliphatic rings. The van der Waals surface area contributed by atoms with Gasteiger partial charge in [0.25, 0.3) is 0 Å². The summed E-state index contributed by atoms with van der Waals surface area (Å²) in [5.41, 5.74) is 6.30. The Kier molecular flexibility index (Phi) is 6.93. The number of halogens is 1. The summed E-state index contributed by atoms with van der Waals surface area (Å²) in [6.45, 7) is 0. The topological polar surface area (TPSA) is 63.3 Å². The standard InChI is InChI=1S/C9H11NO2.C6H7Cl/c10-8(9(11)12)6-7-4-2-1-3-5-7;7-6-4-2-1-3-5-6/h1-5,8H,6,10H2,(H,11,12);2,4-5H,1,3H2/t8-;/m0./s1. The second-order valence-electron chi connectivity index (χ2n) is 4.20. The molecule has 0 bridgehead atoms. The average Bonchev–Trinajstić information content (AvgIpc) is 2.41. The third-order valence-corrected chi connectivity index (χ3v) is 2.85. The molecule has 0 saturated heterocycles. The van der Waals surface area contributed by atoms with E-state index in [1.165, 1.54) is 0 Å². The number of carboxylic acids is 1. The molecule has 0 spiro atoms. The molecule has 0 aliphatic heterocycles. The molecule has 0 saturated carbocycles. The van der Waals surface area contributed by atoms with Gasteiger partial charge in [-0.1, -0.05) is 54.1 Å². The van der Waals surface area contributed by atoms with Crippen molar-refractivity contribution in [3.63, 3.8) is 0 Å². The lowest BCUT2D eigenvalue weighted by molar-refractivity contribution is -0.138. The third kappa shape index (κ3) is 6.79. The number of hydrogen-bond donors (Lipinski definition) is 2. The van der Waals surface area contributed by atoms with Crippen molar-refractivity contribution in [2.45, 2.75) is 25.3 Å². The van der Waals surface area contributed by atoms with Gasteiger partial charge in [-0.15, -0.1) is 0 Å². The Morgan fingerprint density at radius 2 is 2.00 bits per heavy atom. The van der Waals surface area contributed by atoms with Crippen LogP contribution in [0.4, 0.5) is 0 Å². The number of aliphatic carboxylic acids is 1. The predicted octanol–water partition coefficient (Wildman–Crippen LogP) is 3.10. The normalized spacial score (nSPS) is 14.9. The number of carbonyl (C=O) groups is 1. The Morgan fingerprint density at radius 1 is 1.32 bits per heavy atom. The van der Waals surface area contributed by atoms with Gasteiger partial charge in [0.15, 0.2) is 0 Å². The van der Waals surface area contributed by atoms with E-state index in [-0.39, 0.29) is 0 Å². The molecule has 1 aliphatic carbocycles. The van der Waals surface area contributed by atoms with Gasteiger partial charge < -0.3 is 10.8 Å². The van der Waals surface area contributed by atoms with E-state index in [2.05, 4.69) is 6.08 Å². The number of allylic oxidation sites excluding steroid dienone is 4. The van der Waals surface area contributed by atoms with Crippen molar-refractivity contribution in [3.05, 3.63) is 59.2 Å². The lowest BCUT2D eigenvalue weighted by Gasteiger charge is -2.04. The molecule has 0 fully saturated rings. The summed E-state index contributed by atoms with van der Waals surface area (Å²) in [6, 6.07) is 8.54. The molecule has 3 nitrogen and oxygen atoms in total. The van der Waals surface area contributed by atoms with Crippen LogP contribution in [-0.4, -0.2) is 17.1 Å². The smallest absolute Gasteiger partial charge is 0.320 e. The maximum Gasteiger partial charge on any atom is 0.320 e. The van der Waals surface area contributed by atoms with Crippen LogP contribution < -0.4 is 5.73 Å². The molecule has 0 amide bonds. The molecule has 102 valence electrons. The highest BCUT2D eigenvalue weighted by Crippen LogP contribution is 2.11. The van der Waals surface area contributed by atoms with E-state index in [1.807, 2.05) is 42.5 Å². The number of hydrogen-bond acceptors (Lipinski definition) is 2. The van der Waals surface area contributed by atoms with E-state index < -0.39 is 12.0 Å². The highest BCUT2D eigenvalue weighted by atomic mass is 35.5. The van der Waals surface area contributed by atoms with Crippen LogP contribution in [0.3, 0.4) is 0 Å². The highest BCUT2D eigenvalue weighted by molar-refractivity contribution is 6.31. The summed E-state index contributed by atoms with van der Waals surface area (Å²) in [5, 5.41) is 9.40. The Hall–Kier alpha value is -1.58. The number of rotatable bonds is 3. The summed E-state index contributed by atoms with van der Waals surface area (Å²) in [7, 11) is 0. The Balaban J connectivity index is 0.000000218. The molecule has 0 aromatic heterocycles. The van der Waals surface area contributed by atoms with Gasteiger partial charge in [-0.25, -0.2) is 0 Å². The van der Waals surface area contributed by atoms with Crippen LogP contribution in [0.5, 0.6) is 0 Å². The summed E-state index contributed by atoms with van der Waals surface area (Å²) < 4.78 is 0. The first-order valence-electron chi connectivity index (χ1n) is 6.14. The average molecular weight is 280 g/mol. The van der Waals surface area contributed by atoms with Crippen molar-refractivity contribution < 1.29 is 9.90 Å². The molecule has 0 radical (unpaired) electrons. The fourth-order valence-electron chi connectivity index (χ4n) is 1.54. The number of nitrogens with two attached hydrogens (primary N) is 1. The van der Waals surface area contributed by atoms with Crippen molar-refractivity contribution in [1.29, 1.82) is 0 Å². The predicted molar refractivity (Wildman–Crippen MR) is 78.1 cm³/mol. The fourth-order valence-corrected chi connectivity index (χ4v) is 1.73. The minimum Gasteiger partial charge on any atom is -0.480 e. The van der Waals surface area contributed by atoms with Crippen molar-refractivity contribution in [3.8, 4) is 0 Å². The summed E-state index contributed by atoms with van der Waals surface area (Å²) in [4.78, 5) is 10.4. The van der Waals surface area contributed by atoms with Crippen LogP contribution in [0.25, 0.3) is 0 Å². The van der Waals surface area contributed by atoms with Crippen LogP contribution in [0.15, 0.2) is 53.6 Å². The van der Waals surface area contributed by atoms with Crippen LogP contribution in [0.1, 0.15) is 18.4 Å². The lowest BCUT2D eigenvalue weighted by Crippen LogP contribution is -2.32. The largest absolute Gasteiger partial charge is 0.480 e. The zero-order valence-electron chi connectivity index (χ0n) is 10.6. The van der Waals surface area contributed by atoms with Gasteiger partial charge in [0.1, 0.15) is 6.04 Å². The molecule has 3 N–H and O–H groups in total. The maximum atomic E-state index is 10.4. The second kappa shape index (κ2) is 8.51. The summed E-state index contributed by atoms with van der Waals surface area (Å²) >= 11 is 5.59. The monoisotopic (exact) mass is 279 g/mol. The minimum atomic E-state index is -0.959. The molecule has 1 aromatic carbocycles. The van der Waals surface area contributed by atoms with E-state index in [4.69, 9.17) is 22.4 Å². The Labute approximate surface area is 118 Å². The Morgan fingerprint density at radius 3 is 2.42 bits per heavy atom. The molecule has 19 heavy (non-hydrogen) atoms. The van der Waals surface area contributed by atoms with Gasteiger partial charge in [0, 0.05) is 5.03 Å². The van der Waals surface area contributed by atoms with E-state index in [0.29, 0.717) is 6.42 Å². The SMILES string of the molecule is ClC1=CCCC=C1.N[C@@H](Cc1ccccc1)C(=O)O. The first-order valence-corrected chi connectivity index (χ1v) is 6.52. The van der Waals surface area contributed by atoms with Gasteiger partial charge in [-0.05, 0) is 30.9 Å². The molecule has 2 rings (SSSR count). The zero-order chi connectivity index (χ0) is 14.1. The van der Waals surface area contributed by atoms with Gasteiger partial charge in [-0.2, -0.15) is 0 Å². The molecular weight excluding hydrogens is 262 g/mol. The minimum absolute atomic E-state index is 0.385. The molecule has 4 heteroatoms. The lowest BCUT2D eigenvalue weighted by atomic mass is 10.1. The van der Waals surface area contributed by atoms with E-state index >= 15 is 0 Å². The van der Waals surface area contributed by atoms with Gasteiger partial charge in [0.2, 0.25) is 0 Å². The summed E-state index contributed by atoms with van der Waals surface area (Å²) in [6.07, 6.45) is 8.69. The van der Waals surface area contributed by atoms with Gasteiger partial charge in [0.05, 0.1) is 0 Å². The van der Waals surface area contributed by atoms with Crippen molar-refractivity contribution in [1.82, 2.24) is 0 Å². The number of carboxylic acid groups (broad SMARTS) is 1. The second-order valence-corrected chi connectivity index (χ2v) is 4.64. The van der Waals surface area contributed by atoms with E-state index in [0.717, 1.165) is 23.4 Å². The quantitative estimate of drug-likeness (QED) is 0.894. The van der Waals surface area contributed by atoms with Crippen LogP contribution >= 0.6 is 11.6 Å². The first-order chi connectivity index (χ1) is 9.09. The van der Waals surface area contributed by atoms with Crippen molar-refractivity contribution in [2.75, 3.05) is 0 Å². The van der Waals surface area contributed by atoms with Crippen LogP contribution in [0, 0.1) is 0 Å². The van der Waals surface area contributed by atoms with Gasteiger partial charge >= 0.3 is 5.97 Å². The van der Waals surface area contributed by atoms with E-state index in [9.17, 15) is 4.79 Å². The molecule has 0 heterocycles. The maximum absolute atomic E-state index is 10.4. The zero-order valence-corrected chi connectivity index (χ0v) is 11.4. The van der Waals surface area contributed by atoms with E-state index in [1.54, 1.807) is 0 Å². The molecular formula is C15H18ClNO2. The van der Waals surface area contributed by atoms with Crippen LogP contribution in [0.2, 0.25) is 0 Å². The molecule has 1 atom stereocenters. The molecule has 0 unspecified atom stereocenters. The third-order valence-electron chi connectivity index (χ3n) is 2.57. The Bertz CT molecular complexity index is 454. The highest BCUT2D eigenvalue weighted by Gasteiger charge is 2.10. The number of benzene rings is 1. The van der Waals surface area contributed by atoms with Gasteiger partial charge in [-0.3, -0.25) is 4.79 Å². The van der Waals surface area contributed by atoms with Crippen molar-refractivity contribution in [2.24, 2.45) is 5.73 Å². The van der Waals surface area contributed by atoms with Crippen molar-refractivity contribution >= 4 is 17.6 Å².